The Kier molecular flexibility index (Phi) is 4.16. The molecule has 0 saturated heterocycles. The molecule has 0 aliphatic heterocycles. The van der Waals surface area contributed by atoms with Crippen molar-refractivity contribution in [3.8, 4) is 0 Å². The summed E-state index contributed by atoms with van der Waals surface area (Å²) in [7, 11) is 1.35. The number of halogens is 3. The van der Waals surface area contributed by atoms with Crippen LogP contribution in [-0.2, 0) is 6.18 Å². The Morgan fingerprint density at radius 1 is 1.00 bits per heavy atom. The number of carbonyl (C=O) groups is 1. The van der Waals surface area contributed by atoms with Crippen molar-refractivity contribution in [2.24, 2.45) is 0 Å². The van der Waals surface area contributed by atoms with E-state index in [1.54, 1.807) is 30.3 Å². The summed E-state index contributed by atoms with van der Waals surface area (Å²) in [6, 6.07) is 12.0. The molecular formula is C15H13F3N2O. The zero-order chi connectivity index (χ0) is 15.5. The van der Waals surface area contributed by atoms with Gasteiger partial charge in [-0.15, -0.1) is 0 Å². The molecule has 0 saturated carbocycles. The maximum Gasteiger partial charge on any atom is 0.418 e. The molecule has 0 heterocycles. The third-order valence-electron chi connectivity index (χ3n) is 2.90. The molecule has 0 aliphatic rings. The first-order valence-electron chi connectivity index (χ1n) is 6.18. The van der Waals surface area contributed by atoms with Crippen LogP contribution in [0, 0.1) is 0 Å². The number of benzene rings is 2. The molecule has 0 aliphatic carbocycles. The summed E-state index contributed by atoms with van der Waals surface area (Å²) in [6.07, 6.45) is -4.53. The van der Waals surface area contributed by atoms with Crippen LogP contribution in [0.3, 0.4) is 0 Å². The fourth-order valence-corrected chi connectivity index (χ4v) is 1.97. The molecule has 0 radical (unpaired) electrons. The highest BCUT2D eigenvalue weighted by Crippen LogP contribution is 2.36. The number of para-hydroxylation sites is 2. The average Bonchev–Trinajstić information content (AvgIpc) is 2.46. The van der Waals surface area contributed by atoms with Gasteiger partial charge in [-0.1, -0.05) is 24.3 Å². The van der Waals surface area contributed by atoms with Gasteiger partial charge in [0, 0.05) is 12.7 Å². The van der Waals surface area contributed by atoms with Gasteiger partial charge in [-0.2, -0.15) is 13.2 Å². The fraction of sp³-hybridized carbons (Fsp3) is 0.133. The Labute approximate surface area is 119 Å². The van der Waals surface area contributed by atoms with E-state index in [4.69, 9.17) is 0 Å². The number of hydrogen-bond donors (Lipinski definition) is 2. The lowest BCUT2D eigenvalue weighted by Crippen LogP contribution is -2.17. The first-order valence-corrected chi connectivity index (χ1v) is 6.18. The van der Waals surface area contributed by atoms with Crippen molar-refractivity contribution in [2.75, 3.05) is 17.7 Å². The van der Waals surface area contributed by atoms with Gasteiger partial charge in [-0.05, 0) is 24.3 Å². The third-order valence-corrected chi connectivity index (χ3v) is 2.90. The zero-order valence-corrected chi connectivity index (χ0v) is 11.2. The van der Waals surface area contributed by atoms with Crippen molar-refractivity contribution in [3.05, 3.63) is 59.7 Å². The second-order valence-corrected chi connectivity index (χ2v) is 4.30. The lowest BCUT2D eigenvalue weighted by Gasteiger charge is -2.16. The Morgan fingerprint density at radius 2 is 1.67 bits per heavy atom. The smallest absolute Gasteiger partial charge is 0.387 e. The van der Waals surface area contributed by atoms with Crippen molar-refractivity contribution in [1.29, 1.82) is 0 Å². The SMILES string of the molecule is CNc1c(C(=O)Nc2ccccc2)cccc1C(F)(F)F. The summed E-state index contributed by atoms with van der Waals surface area (Å²) >= 11 is 0. The molecule has 1 amide bonds. The minimum atomic E-state index is -4.53. The van der Waals surface area contributed by atoms with Crippen molar-refractivity contribution in [1.82, 2.24) is 0 Å². The molecule has 0 atom stereocenters. The predicted molar refractivity (Wildman–Crippen MR) is 75.4 cm³/mol. The number of anilines is 2. The lowest BCUT2D eigenvalue weighted by atomic mass is 10.1. The van der Waals surface area contributed by atoms with E-state index in [1.165, 1.54) is 19.2 Å². The van der Waals surface area contributed by atoms with Crippen molar-refractivity contribution in [3.63, 3.8) is 0 Å². The Hall–Kier alpha value is -2.50. The van der Waals surface area contributed by atoms with Crippen LogP contribution in [0.4, 0.5) is 24.5 Å². The van der Waals surface area contributed by atoms with Crippen LogP contribution in [0.15, 0.2) is 48.5 Å². The van der Waals surface area contributed by atoms with Crippen molar-refractivity contribution < 1.29 is 18.0 Å². The number of hydrogen-bond acceptors (Lipinski definition) is 2. The van der Waals surface area contributed by atoms with E-state index in [9.17, 15) is 18.0 Å². The van der Waals surface area contributed by atoms with Crippen LogP contribution in [-0.4, -0.2) is 13.0 Å². The first-order chi connectivity index (χ1) is 9.93. The van der Waals surface area contributed by atoms with Crippen molar-refractivity contribution >= 4 is 17.3 Å². The highest BCUT2D eigenvalue weighted by molar-refractivity contribution is 6.08. The normalized spacial score (nSPS) is 11.0. The summed E-state index contributed by atoms with van der Waals surface area (Å²) in [5, 5.41) is 5.02. The summed E-state index contributed by atoms with van der Waals surface area (Å²) in [5.74, 6) is -0.600. The summed E-state index contributed by atoms with van der Waals surface area (Å²) in [6.45, 7) is 0. The fourth-order valence-electron chi connectivity index (χ4n) is 1.97. The number of alkyl halides is 3. The van der Waals surface area contributed by atoms with Crippen LogP contribution >= 0.6 is 0 Å². The second kappa shape index (κ2) is 5.87. The number of carbonyl (C=O) groups excluding carboxylic acids is 1. The van der Waals surface area contributed by atoms with Gasteiger partial charge in [-0.25, -0.2) is 0 Å². The van der Waals surface area contributed by atoms with Gasteiger partial charge in [0.1, 0.15) is 0 Å². The maximum absolute atomic E-state index is 12.9. The Bertz CT molecular complexity index is 639. The van der Waals surface area contributed by atoms with Gasteiger partial charge in [0.05, 0.1) is 16.8 Å². The maximum atomic E-state index is 12.9. The molecule has 0 fully saturated rings. The van der Waals surface area contributed by atoms with Gasteiger partial charge in [0.25, 0.3) is 5.91 Å². The first kappa shape index (κ1) is 14.9. The van der Waals surface area contributed by atoms with Gasteiger partial charge in [0.2, 0.25) is 0 Å². The molecule has 0 spiro atoms. The van der Waals surface area contributed by atoms with Crippen LogP contribution in [0.1, 0.15) is 15.9 Å². The highest BCUT2D eigenvalue weighted by atomic mass is 19.4. The van der Waals surface area contributed by atoms with Gasteiger partial charge >= 0.3 is 6.18 Å². The molecule has 2 aromatic carbocycles. The highest BCUT2D eigenvalue weighted by Gasteiger charge is 2.34. The molecule has 3 nitrogen and oxygen atoms in total. The van der Waals surface area contributed by atoms with E-state index in [0.29, 0.717) is 5.69 Å². The number of nitrogens with one attached hydrogen (secondary N) is 2. The molecule has 6 heteroatoms. The summed E-state index contributed by atoms with van der Waals surface area (Å²) in [4.78, 5) is 12.2. The number of rotatable bonds is 3. The van der Waals surface area contributed by atoms with E-state index in [0.717, 1.165) is 6.07 Å². The van der Waals surface area contributed by atoms with Gasteiger partial charge < -0.3 is 10.6 Å². The third kappa shape index (κ3) is 3.34. The van der Waals surface area contributed by atoms with E-state index < -0.39 is 17.6 Å². The van der Waals surface area contributed by atoms with E-state index in [1.807, 2.05) is 0 Å². The molecule has 2 N–H and O–H groups in total. The molecular weight excluding hydrogens is 281 g/mol. The zero-order valence-electron chi connectivity index (χ0n) is 11.2. The molecule has 21 heavy (non-hydrogen) atoms. The minimum absolute atomic E-state index is 0.0591. The number of amides is 1. The standard InChI is InChI=1S/C15H13F3N2O/c1-19-13-11(8-5-9-12(13)15(16,17)18)14(21)20-10-6-3-2-4-7-10/h2-9,19H,1H3,(H,20,21). The molecule has 2 rings (SSSR count). The Balaban J connectivity index is 2.38. The van der Waals surface area contributed by atoms with E-state index in [2.05, 4.69) is 10.6 Å². The monoisotopic (exact) mass is 294 g/mol. The molecule has 2 aromatic rings. The molecule has 110 valence electrons. The summed E-state index contributed by atoms with van der Waals surface area (Å²) in [5.41, 5.74) is -0.651. The summed E-state index contributed by atoms with van der Waals surface area (Å²) < 4.78 is 38.8. The van der Waals surface area contributed by atoms with Crippen LogP contribution in [0.5, 0.6) is 0 Å². The van der Waals surface area contributed by atoms with E-state index >= 15 is 0 Å². The van der Waals surface area contributed by atoms with Crippen LogP contribution < -0.4 is 10.6 Å². The Morgan fingerprint density at radius 3 is 2.24 bits per heavy atom. The van der Waals surface area contributed by atoms with Crippen molar-refractivity contribution in [2.45, 2.75) is 6.18 Å². The minimum Gasteiger partial charge on any atom is -0.387 e. The largest absolute Gasteiger partial charge is 0.418 e. The van der Waals surface area contributed by atoms with Gasteiger partial charge in [-0.3, -0.25) is 4.79 Å². The topological polar surface area (TPSA) is 41.1 Å². The molecule has 0 aromatic heterocycles. The lowest BCUT2D eigenvalue weighted by molar-refractivity contribution is -0.136. The molecule has 0 bridgehead atoms. The van der Waals surface area contributed by atoms with Gasteiger partial charge in [0.15, 0.2) is 0 Å². The second-order valence-electron chi connectivity index (χ2n) is 4.30. The van der Waals surface area contributed by atoms with Crippen LogP contribution in [0.2, 0.25) is 0 Å². The average molecular weight is 294 g/mol. The van der Waals surface area contributed by atoms with Crippen LogP contribution in [0.25, 0.3) is 0 Å². The molecule has 0 unspecified atom stereocenters. The predicted octanol–water partition coefficient (Wildman–Crippen LogP) is 4.00. The van der Waals surface area contributed by atoms with E-state index in [-0.39, 0.29) is 11.3 Å². The quantitative estimate of drug-likeness (QED) is 0.898.